The molecule has 2 aromatic rings. The number of carbonyl (C=O) groups is 2. The van der Waals surface area contributed by atoms with Gasteiger partial charge in [-0.05, 0) is 17.2 Å². The smallest absolute Gasteiger partial charge is 0.267 e. The summed E-state index contributed by atoms with van der Waals surface area (Å²) in [4.78, 5) is 23.4. The zero-order valence-corrected chi connectivity index (χ0v) is 11.3. The van der Waals surface area contributed by atoms with E-state index in [4.69, 9.17) is 5.21 Å². The van der Waals surface area contributed by atoms with Gasteiger partial charge in [0.1, 0.15) is 0 Å². The highest BCUT2D eigenvalue weighted by atomic mass is 16.5. The molecule has 2 N–H and O–H groups in total. The Morgan fingerprint density at radius 2 is 1.67 bits per heavy atom. The molecule has 0 aliphatic carbocycles. The number of rotatable bonds is 5. The van der Waals surface area contributed by atoms with Crippen molar-refractivity contribution in [1.82, 2.24) is 5.48 Å². The lowest BCUT2D eigenvalue weighted by Crippen LogP contribution is -2.15. The third kappa shape index (κ3) is 4.12. The van der Waals surface area contributed by atoms with Crippen LogP contribution in [0.2, 0.25) is 0 Å². The van der Waals surface area contributed by atoms with E-state index in [1.54, 1.807) is 24.3 Å². The molecule has 0 atom stereocenters. The Kier molecular flexibility index (Phi) is 5.01. The van der Waals surface area contributed by atoms with Crippen LogP contribution in [0.25, 0.3) is 6.08 Å². The fourth-order valence-electron chi connectivity index (χ4n) is 1.98. The molecule has 4 nitrogen and oxygen atoms in total. The summed E-state index contributed by atoms with van der Waals surface area (Å²) in [5.74, 6) is -0.661. The van der Waals surface area contributed by atoms with E-state index in [2.05, 4.69) is 0 Å². The zero-order chi connectivity index (χ0) is 15.1. The lowest BCUT2D eigenvalue weighted by Gasteiger charge is -2.05. The van der Waals surface area contributed by atoms with E-state index in [0.29, 0.717) is 17.5 Å². The molecule has 0 bridgehead atoms. The highest BCUT2D eigenvalue weighted by Gasteiger charge is 2.10. The molecule has 106 valence electrons. The van der Waals surface area contributed by atoms with Crippen LogP contribution in [0.4, 0.5) is 0 Å². The van der Waals surface area contributed by atoms with Gasteiger partial charge in [0.25, 0.3) is 5.91 Å². The van der Waals surface area contributed by atoms with Crippen LogP contribution in [-0.4, -0.2) is 16.9 Å². The minimum absolute atomic E-state index is 0.0224. The normalized spacial score (nSPS) is 10.5. The van der Waals surface area contributed by atoms with Crippen molar-refractivity contribution in [3.8, 4) is 0 Å². The van der Waals surface area contributed by atoms with E-state index in [9.17, 15) is 9.59 Å². The fourth-order valence-corrected chi connectivity index (χ4v) is 1.98. The minimum Gasteiger partial charge on any atom is -0.294 e. The second kappa shape index (κ2) is 7.17. The van der Waals surface area contributed by atoms with Gasteiger partial charge in [-0.25, -0.2) is 5.48 Å². The highest BCUT2D eigenvalue weighted by molar-refractivity contribution is 6.01. The molecule has 0 saturated carbocycles. The molecular formula is C17H15NO3. The summed E-state index contributed by atoms with van der Waals surface area (Å²) in [5.41, 5.74) is 3.64. The highest BCUT2D eigenvalue weighted by Crippen LogP contribution is 2.14. The maximum atomic E-state index is 12.4. The monoisotopic (exact) mass is 281 g/mol. The first-order valence-corrected chi connectivity index (χ1v) is 6.49. The Hall–Kier alpha value is -2.72. The van der Waals surface area contributed by atoms with Crippen molar-refractivity contribution in [3.63, 3.8) is 0 Å². The van der Waals surface area contributed by atoms with Crippen LogP contribution in [0.5, 0.6) is 0 Å². The van der Waals surface area contributed by atoms with Gasteiger partial charge in [-0.1, -0.05) is 54.6 Å². The molecule has 21 heavy (non-hydrogen) atoms. The second-order valence-corrected chi connectivity index (χ2v) is 4.48. The van der Waals surface area contributed by atoms with Crippen molar-refractivity contribution in [3.05, 3.63) is 77.4 Å². The maximum Gasteiger partial charge on any atom is 0.267 e. The molecule has 4 heteroatoms. The van der Waals surface area contributed by atoms with Crippen molar-refractivity contribution in [2.24, 2.45) is 0 Å². The number of nitrogens with one attached hydrogen (secondary N) is 1. The molecular weight excluding hydrogens is 266 g/mol. The SMILES string of the molecule is O=C(/C=C/c1ccccc1C(=O)Cc1ccccc1)NO. The Labute approximate surface area is 122 Å². The lowest BCUT2D eigenvalue weighted by atomic mass is 9.98. The van der Waals surface area contributed by atoms with Crippen LogP contribution < -0.4 is 5.48 Å². The predicted octanol–water partition coefficient (Wildman–Crippen LogP) is 2.63. The van der Waals surface area contributed by atoms with E-state index < -0.39 is 5.91 Å². The summed E-state index contributed by atoms with van der Waals surface area (Å²) >= 11 is 0. The first-order chi connectivity index (χ1) is 10.2. The third-order valence-corrected chi connectivity index (χ3v) is 2.99. The maximum absolute atomic E-state index is 12.4. The molecule has 0 aliphatic heterocycles. The van der Waals surface area contributed by atoms with Gasteiger partial charge in [-0.15, -0.1) is 0 Å². The topological polar surface area (TPSA) is 66.4 Å². The third-order valence-electron chi connectivity index (χ3n) is 2.99. The van der Waals surface area contributed by atoms with E-state index in [0.717, 1.165) is 5.56 Å². The van der Waals surface area contributed by atoms with Gasteiger partial charge in [0.15, 0.2) is 5.78 Å². The van der Waals surface area contributed by atoms with E-state index in [-0.39, 0.29) is 5.78 Å². The first-order valence-electron chi connectivity index (χ1n) is 6.49. The molecule has 0 fully saturated rings. The van der Waals surface area contributed by atoms with Gasteiger partial charge in [-0.2, -0.15) is 0 Å². The Morgan fingerprint density at radius 3 is 2.38 bits per heavy atom. The standard InChI is InChI=1S/C17H15NO3/c19-16(12-13-6-2-1-3-7-13)15-9-5-4-8-14(15)10-11-17(20)18-21/h1-11,21H,12H2,(H,18,20)/b11-10+. The second-order valence-electron chi connectivity index (χ2n) is 4.48. The van der Waals surface area contributed by atoms with Gasteiger partial charge in [-0.3, -0.25) is 14.8 Å². The number of Topliss-reactive ketones (excluding diaryl/α,β-unsaturated/α-hetero) is 1. The van der Waals surface area contributed by atoms with Crippen molar-refractivity contribution < 1.29 is 14.8 Å². The van der Waals surface area contributed by atoms with Gasteiger partial charge < -0.3 is 0 Å². The molecule has 1 amide bonds. The number of carbonyl (C=O) groups excluding carboxylic acids is 2. The van der Waals surface area contributed by atoms with Crippen molar-refractivity contribution in [1.29, 1.82) is 0 Å². The van der Waals surface area contributed by atoms with Gasteiger partial charge >= 0.3 is 0 Å². The number of hydroxylamine groups is 1. The fraction of sp³-hybridized carbons (Fsp3) is 0.0588. The van der Waals surface area contributed by atoms with Crippen LogP contribution >= 0.6 is 0 Å². The largest absolute Gasteiger partial charge is 0.294 e. The summed E-state index contributed by atoms with van der Waals surface area (Å²) < 4.78 is 0. The molecule has 0 aliphatic rings. The van der Waals surface area contributed by atoms with E-state index in [1.807, 2.05) is 30.3 Å². The van der Waals surface area contributed by atoms with Crippen molar-refractivity contribution in [2.75, 3.05) is 0 Å². The van der Waals surface area contributed by atoms with Gasteiger partial charge in [0.2, 0.25) is 0 Å². The van der Waals surface area contributed by atoms with Crippen LogP contribution in [0, 0.1) is 0 Å². The summed E-state index contributed by atoms with van der Waals surface area (Å²) in [6.45, 7) is 0. The van der Waals surface area contributed by atoms with E-state index in [1.165, 1.54) is 17.6 Å². The van der Waals surface area contributed by atoms with Gasteiger partial charge in [0, 0.05) is 18.1 Å². The van der Waals surface area contributed by atoms with Crippen molar-refractivity contribution in [2.45, 2.75) is 6.42 Å². The number of benzene rings is 2. The average molecular weight is 281 g/mol. The zero-order valence-electron chi connectivity index (χ0n) is 11.3. The molecule has 2 rings (SSSR count). The molecule has 0 radical (unpaired) electrons. The molecule has 0 spiro atoms. The summed E-state index contributed by atoms with van der Waals surface area (Å²) in [6, 6.07) is 16.5. The average Bonchev–Trinajstić information content (AvgIpc) is 2.53. The first kappa shape index (κ1) is 14.7. The summed E-state index contributed by atoms with van der Waals surface area (Å²) in [7, 11) is 0. The van der Waals surface area contributed by atoms with Crippen LogP contribution in [0.15, 0.2) is 60.7 Å². The molecule has 0 unspecified atom stereocenters. The van der Waals surface area contributed by atoms with Crippen LogP contribution in [-0.2, 0) is 11.2 Å². The number of hydrogen-bond donors (Lipinski definition) is 2. The number of hydrogen-bond acceptors (Lipinski definition) is 3. The summed E-state index contributed by atoms with van der Waals surface area (Å²) in [5, 5.41) is 8.47. The quantitative estimate of drug-likeness (QED) is 0.383. The van der Waals surface area contributed by atoms with E-state index >= 15 is 0 Å². The van der Waals surface area contributed by atoms with Crippen LogP contribution in [0.1, 0.15) is 21.5 Å². The number of ketones is 1. The molecule has 0 aromatic heterocycles. The predicted molar refractivity (Wildman–Crippen MR) is 79.9 cm³/mol. The Bertz CT molecular complexity index is 663. The molecule has 0 saturated heterocycles. The van der Waals surface area contributed by atoms with Crippen molar-refractivity contribution >= 4 is 17.8 Å². The molecule has 0 heterocycles. The van der Waals surface area contributed by atoms with Crippen LogP contribution in [0.3, 0.4) is 0 Å². The minimum atomic E-state index is -0.639. The number of amides is 1. The molecule has 2 aromatic carbocycles. The van der Waals surface area contributed by atoms with Gasteiger partial charge in [0.05, 0.1) is 0 Å². The lowest BCUT2D eigenvalue weighted by molar-refractivity contribution is -0.124. The Morgan fingerprint density at radius 1 is 1.00 bits per heavy atom. The summed E-state index contributed by atoms with van der Waals surface area (Å²) in [6.07, 6.45) is 2.98. The Balaban J connectivity index is 2.21.